The summed E-state index contributed by atoms with van der Waals surface area (Å²) in [7, 11) is 0. The van der Waals surface area contributed by atoms with E-state index in [2.05, 4.69) is 5.32 Å². The van der Waals surface area contributed by atoms with Gasteiger partial charge in [-0.05, 0) is 36.8 Å². The number of primary amides is 1. The average Bonchev–Trinajstić information content (AvgIpc) is 3.07. The zero-order chi connectivity index (χ0) is 16.8. The maximum atomic E-state index is 11.9. The van der Waals surface area contributed by atoms with Crippen LogP contribution in [-0.2, 0) is 16.1 Å². The predicted molar refractivity (Wildman–Crippen MR) is 80.4 cm³/mol. The molecule has 1 aromatic heterocycles. The number of carbonyl (C=O) groups excluding carboxylic acids is 3. The van der Waals surface area contributed by atoms with Crippen LogP contribution in [0.2, 0.25) is 0 Å². The molecule has 2 amide bonds. The lowest BCUT2D eigenvalue weighted by Crippen LogP contribution is -2.39. The van der Waals surface area contributed by atoms with Crippen molar-refractivity contribution in [2.24, 2.45) is 5.73 Å². The van der Waals surface area contributed by atoms with Crippen LogP contribution in [0.4, 0.5) is 0 Å². The van der Waals surface area contributed by atoms with Crippen LogP contribution in [-0.4, -0.2) is 23.8 Å². The topological polar surface area (TPSA) is 112 Å². The van der Waals surface area contributed by atoms with Gasteiger partial charge >= 0.3 is 5.97 Å². The molecule has 0 saturated carbocycles. The van der Waals surface area contributed by atoms with E-state index < -0.39 is 23.8 Å². The third-order valence-electron chi connectivity index (χ3n) is 3.07. The second-order valence-corrected chi connectivity index (χ2v) is 4.84. The Kier molecular flexibility index (Phi) is 5.14. The summed E-state index contributed by atoms with van der Waals surface area (Å²) in [5.41, 5.74) is 6.22. The molecule has 0 saturated heterocycles. The van der Waals surface area contributed by atoms with E-state index in [-0.39, 0.29) is 12.4 Å². The molecule has 2 rings (SSSR count). The van der Waals surface area contributed by atoms with Crippen molar-refractivity contribution < 1.29 is 23.5 Å². The molecule has 2 aromatic rings. The number of rotatable bonds is 6. The van der Waals surface area contributed by atoms with E-state index in [0.29, 0.717) is 11.1 Å². The highest BCUT2D eigenvalue weighted by Gasteiger charge is 2.19. The number of nitrogens with two attached hydrogens (primary N) is 1. The molecule has 0 aliphatic rings. The van der Waals surface area contributed by atoms with E-state index >= 15 is 0 Å². The molecule has 1 heterocycles. The van der Waals surface area contributed by atoms with Crippen molar-refractivity contribution in [1.29, 1.82) is 0 Å². The number of amides is 2. The highest BCUT2D eigenvalue weighted by molar-refractivity contribution is 5.94. The summed E-state index contributed by atoms with van der Waals surface area (Å²) >= 11 is 0. The van der Waals surface area contributed by atoms with Crippen LogP contribution in [0.15, 0.2) is 47.1 Å². The maximum Gasteiger partial charge on any atom is 0.328 e. The molecule has 0 aliphatic carbocycles. The van der Waals surface area contributed by atoms with Crippen molar-refractivity contribution in [2.75, 3.05) is 0 Å². The molecule has 0 aliphatic heterocycles. The summed E-state index contributed by atoms with van der Waals surface area (Å²) in [6.45, 7) is 1.54. The number of benzene rings is 1. The van der Waals surface area contributed by atoms with E-state index in [4.69, 9.17) is 14.9 Å². The molecule has 0 bridgehead atoms. The van der Waals surface area contributed by atoms with E-state index in [1.807, 2.05) is 0 Å². The Balaban J connectivity index is 1.84. The minimum Gasteiger partial charge on any atom is -0.459 e. The summed E-state index contributed by atoms with van der Waals surface area (Å²) in [5.74, 6) is -1.48. The van der Waals surface area contributed by atoms with Gasteiger partial charge in [0.2, 0.25) is 5.91 Å². The Morgan fingerprint density at radius 1 is 1.22 bits per heavy atom. The van der Waals surface area contributed by atoms with Gasteiger partial charge in [0.15, 0.2) is 5.76 Å². The number of ether oxygens (including phenoxy) is 1. The van der Waals surface area contributed by atoms with E-state index in [1.165, 1.54) is 19.3 Å². The molecule has 0 radical (unpaired) electrons. The quantitative estimate of drug-likeness (QED) is 0.779. The number of furan rings is 1. The van der Waals surface area contributed by atoms with Crippen molar-refractivity contribution >= 4 is 17.8 Å². The van der Waals surface area contributed by atoms with Gasteiger partial charge in [0.1, 0.15) is 12.6 Å². The Morgan fingerprint density at radius 2 is 1.91 bits per heavy atom. The fourth-order valence-corrected chi connectivity index (χ4v) is 1.78. The second-order valence-electron chi connectivity index (χ2n) is 4.84. The van der Waals surface area contributed by atoms with Gasteiger partial charge in [-0.15, -0.1) is 0 Å². The average molecular weight is 316 g/mol. The smallest absolute Gasteiger partial charge is 0.328 e. The van der Waals surface area contributed by atoms with Gasteiger partial charge in [-0.3, -0.25) is 9.59 Å². The van der Waals surface area contributed by atoms with E-state index in [0.717, 1.165) is 0 Å². The lowest BCUT2D eigenvalue weighted by molar-refractivity contribution is -0.146. The van der Waals surface area contributed by atoms with E-state index in [1.54, 1.807) is 30.3 Å². The zero-order valence-electron chi connectivity index (χ0n) is 12.4. The van der Waals surface area contributed by atoms with Crippen molar-refractivity contribution in [3.05, 3.63) is 59.5 Å². The first kappa shape index (κ1) is 16.3. The van der Waals surface area contributed by atoms with Gasteiger partial charge in [0, 0.05) is 5.56 Å². The Labute approximate surface area is 132 Å². The van der Waals surface area contributed by atoms with Gasteiger partial charge < -0.3 is 20.2 Å². The molecule has 7 heteroatoms. The molecule has 0 fully saturated rings. The molecule has 1 atom stereocenters. The van der Waals surface area contributed by atoms with Crippen LogP contribution in [0.5, 0.6) is 0 Å². The summed E-state index contributed by atoms with van der Waals surface area (Å²) in [4.78, 5) is 34.6. The molecule has 23 heavy (non-hydrogen) atoms. The first-order valence-electron chi connectivity index (χ1n) is 6.87. The lowest BCUT2D eigenvalue weighted by Gasteiger charge is -2.12. The SMILES string of the molecule is C[C@@H](NC(=O)c1ccco1)C(=O)OCc1ccc(C(N)=O)cc1. The number of carbonyl (C=O) groups is 3. The minimum absolute atomic E-state index is 0.0266. The Bertz CT molecular complexity index is 692. The van der Waals surface area contributed by atoms with Crippen molar-refractivity contribution in [2.45, 2.75) is 19.6 Å². The molecule has 120 valence electrons. The molecule has 7 nitrogen and oxygen atoms in total. The van der Waals surface area contributed by atoms with Crippen molar-refractivity contribution in [3.8, 4) is 0 Å². The number of hydrogen-bond donors (Lipinski definition) is 2. The summed E-state index contributed by atoms with van der Waals surface area (Å²) in [6, 6.07) is 8.62. The zero-order valence-corrected chi connectivity index (χ0v) is 12.4. The fourth-order valence-electron chi connectivity index (χ4n) is 1.78. The highest BCUT2D eigenvalue weighted by Crippen LogP contribution is 2.06. The molecule has 0 unspecified atom stereocenters. The number of nitrogens with one attached hydrogen (secondary N) is 1. The monoisotopic (exact) mass is 316 g/mol. The van der Waals surface area contributed by atoms with Gasteiger partial charge in [0.05, 0.1) is 6.26 Å². The van der Waals surface area contributed by atoms with Crippen LogP contribution < -0.4 is 11.1 Å². The second kappa shape index (κ2) is 7.26. The molecule has 1 aromatic carbocycles. The largest absolute Gasteiger partial charge is 0.459 e. The van der Waals surface area contributed by atoms with Gasteiger partial charge in [-0.25, -0.2) is 4.79 Å². The van der Waals surface area contributed by atoms with Crippen molar-refractivity contribution in [1.82, 2.24) is 5.32 Å². The van der Waals surface area contributed by atoms with Crippen molar-refractivity contribution in [3.63, 3.8) is 0 Å². The number of hydrogen-bond acceptors (Lipinski definition) is 5. The van der Waals surface area contributed by atoms with Crippen LogP contribution in [0.25, 0.3) is 0 Å². The van der Waals surface area contributed by atoms with Crippen LogP contribution in [0, 0.1) is 0 Å². The van der Waals surface area contributed by atoms with Gasteiger partial charge in [0.25, 0.3) is 5.91 Å². The summed E-state index contributed by atoms with van der Waals surface area (Å²) < 4.78 is 10.0. The lowest BCUT2D eigenvalue weighted by atomic mass is 10.1. The van der Waals surface area contributed by atoms with E-state index in [9.17, 15) is 14.4 Å². The molecular formula is C16H16N2O5. The fraction of sp³-hybridized carbons (Fsp3) is 0.188. The third kappa shape index (κ3) is 4.44. The van der Waals surface area contributed by atoms with Gasteiger partial charge in [-0.2, -0.15) is 0 Å². The summed E-state index contributed by atoms with van der Waals surface area (Å²) in [6.07, 6.45) is 1.37. The predicted octanol–water partition coefficient (Wildman–Crippen LogP) is 1.24. The summed E-state index contributed by atoms with van der Waals surface area (Å²) in [5, 5.41) is 2.47. The van der Waals surface area contributed by atoms with Gasteiger partial charge in [-0.1, -0.05) is 12.1 Å². The van der Waals surface area contributed by atoms with Crippen LogP contribution >= 0.6 is 0 Å². The minimum atomic E-state index is -0.822. The Morgan fingerprint density at radius 3 is 2.48 bits per heavy atom. The molecule has 0 spiro atoms. The first-order valence-corrected chi connectivity index (χ1v) is 6.87. The normalized spacial score (nSPS) is 11.5. The van der Waals surface area contributed by atoms with Crippen LogP contribution in [0.1, 0.15) is 33.4 Å². The maximum absolute atomic E-state index is 11.9. The number of esters is 1. The Hall–Kier alpha value is -3.09. The third-order valence-corrected chi connectivity index (χ3v) is 3.07. The highest BCUT2D eigenvalue weighted by atomic mass is 16.5. The molecular weight excluding hydrogens is 300 g/mol. The molecule has 3 N–H and O–H groups in total. The first-order chi connectivity index (χ1) is 11.0. The van der Waals surface area contributed by atoms with Crippen LogP contribution in [0.3, 0.4) is 0 Å². The standard InChI is InChI=1S/C16H16N2O5/c1-10(18-15(20)13-3-2-8-22-13)16(21)23-9-11-4-6-12(7-5-11)14(17)19/h2-8,10H,9H2,1H3,(H2,17,19)(H,18,20)/t10-/m1/s1.